The Bertz CT molecular complexity index is 827. The molecule has 0 spiro atoms. The van der Waals surface area contributed by atoms with Crippen LogP contribution in [0.1, 0.15) is 17.2 Å². The van der Waals surface area contributed by atoms with Crippen molar-refractivity contribution in [3.8, 4) is 0 Å². The van der Waals surface area contributed by atoms with E-state index in [1.54, 1.807) is 0 Å². The summed E-state index contributed by atoms with van der Waals surface area (Å²) in [4.78, 5) is 4.49. The molecule has 2 nitrogen and oxygen atoms in total. The minimum absolute atomic E-state index is 0.0873. The second-order valence-electron chi connectivity index (χ2n) is 4.90. The first-order valence-corrected chi connectivity index (χ1v) is 6.45. The first-order valence-electron chi connectivity index (χ1n) is 6.45. The van der Waals surface area contributed by atoms with Crippen LogP contribution in [0.2, 0.25) is 0 Å². The topological polar surface area (TPSA) is 25.5 Å². The minimum Gasteiger partial charge on any atom is -0.456 e. The molecular weight excluding hydrogens is 234 g/mol. The highest BCUT2D eigenvalue weighted by Crippen LogP contribution is 2.37. The van der Waals surface area contributed by atoms with Crippen molar-refractivity contribution < 1.29 is 4.42 Å². The summed E-state index contributed by atoms with van der Waals surface area (Å²) in [6.45, 7) is 2.11. The van der Waals surface area contributed by atoms with Crippen LogP contribution in [-0.4, -0.2) is 6.21 Å². The van der Waals surface area contributed by atoms with E-state index in [1.165, 1.54) is 21.9 Å². The summed E-state index contributed by atoms with van der Waals surface area (Å²) >= 11 is 0. The molecule has 1 unspecified atom stereocenters. The smallest absolute Gasteiger partial charge is 0.141 e. The molecule has 0 bridgehead atoms. The van der Waals surface area contributed by atoms with Gasteiger partial charge in [0.05, 0.1) is 6.04 Å². The molecule has 2 heterocycles. The van der Waals surface area contributed by atoms with Crippen molar-refractivity contribution in [3.63, 3.8) is 0 Å². The van der Waals surface area contributed by atoms with Gasteiger partial charge in [-0.15, -0.1) is 0 Å². The molecule has 0 amide bonds. The molecule has 1 aliphatic heterocycles. The molecule has 0 radical (unpaired) electrons. The molecule has 2 aromatic carbocycles. The Morgan fingerprint density at radius 3 is 2.79 bits per heavy atom. The standard InChI is InChI=1S/C17H13NO/c1-11-8-9-13-12-5-2-3-7-15(12)19-17(13)16(11)14-6-4-10-18-14/h2-10,14H,1H3. The van der Waals surface area contributed by atoms with E-state index in [2.05, 4.69) is 36.2 Å². The van der Waals surface area contributed by atoms with Crippen LogP contribution in [0.25, 0.3) is 21.9 Å². The van der Waals surface area contributed by atoms with Crippen molar-refractivity contribution in [1.82, 2.24) is 0 Å². The van der Waals surface area contributed by atoms with Gasteiger partial charge in [0.15, 0.2) is 0 Å². The first-order chi connectivity index (χ1) is 9.34. The highest BCUT2D eigenvalue weighted by molar-refractivity contribution is 6.06. The number of furan rings is 1. The number of para-hydroxylation sites is 1. The number of hydrogen-bond acceptors (Lipinski definition) is 2. The SMILES string of the molecule is Cc1ccc2c(oc3ccccc32)c1C1C=CC=N1. The molecule has 92 valence electrons. The van der Waals surface area contributed by atoms with Crippen molar-refractivity contribution >= 4 is 28.2 Å². The Labute approximate surface area is 111 Å². The summed E-state index contributed by atoms with van der Waals surface area (Å²) in [6.07, 6.45) is 5.95. The molecule has 1 aliphatic rings. The molecule has 0 aliphatic carbocycles. The monoisotopic (exact) mass is 247 g/mol. The van der Waals surface area contributed by atoms with Crippen molar-refractivity contribution in [2.45, 2.75) is 13.0 Å². The van der Waals surface area contributed by atoms with Crippen LogP contribution in [0.15, 0.2) is 58.0 Å². The van der Waals surface area contributed by atoms with E-state index in [0.29, 0.717) is 0 Å². The Morgan fingerprint density at radius 2 is 1.95 bits per heavy atom. The second kappa shape index (κ2) is 3.82. The number of benzene rings is 2. The van der Waals surface area contributed by atoms with Crippen molar-refractivity contribution in [1.29, 1.82) is 0 Å². The Morgan fingerprint density at radius 1 is 1.05 bits per heavy atom. The summed E-state index contributed by atoms with van der Waals surface area (Å²) in [7, 11) is 0. The number of aliphatic imine (C=N–C) groups is 1. The zero-order valence-electron chi connectivity index (χ0n) is 10.6. The van der Waals surface area contributed by atoms with Crippen LogP contribution in [0.4, 0.5) is 0 Å². The van der Waals surface area contributed by atoms with E-state index in [0.717, 1.165) is 11.2 Å². The lowest BCUT2D eigenvalue weighted by Crippen LogP contribution is -1.93. The zero-order chi connectivity index (χ0) is 12.8. The highest BCUT2D eigenvalue weighted by atomic mass is 16.3. The Balaban J connectivity index is 2.13. The molecule has 0 saturated carbocycles. The van der Waals surface area contributed by atoms with Crippen LogP contribution < -0.4 is 0 Å². The average Bonchev–Trinajstić information content (AvgIpc) is 3.05. The zero-order valence-corrected chi connectivity index (χ0v) is 10.6. The van der Waals surface area contributed by atoms with Crippen molar-refractivity contribution in [2.24, 2.45) is 4.99 Å². The predicted octanol–water partition coefficient (Wildman–Crippen LogP) is 4.58. The molecule has 1 atom stereocenters. The van der Waals surface area contributed by atoms with E-state index in [4.69, 9.17) is 4.42 Å². The summed E-state index contributed by atoms with van der Waals surface area (Å²) in [5.74, 6) is 0. The maximum atomic E-state index is 6.07. The van der Waals surface area contributed by atoms with Crippen LogP contribution in [0.5, 0.6) is 0 Å². The van der Waals surface area contributed by atoms with Crippen LogP contribution in [0, 0.1) is 6.92 Å². The molecule has 4 rings (SSSR count). The largest absolute Gasteiger partial charge is 0.456 e. The quantitative estimate of drug-likeness (QED) is 0.618. The van der Waals surface area contributed by atoms with Crippen molar-refractivity contribution in [2.75, 3.05) is 0 Å². The molecule has 0 fully saturated rings. The number of rotatable bonds is 1. The number of allylic oxidation sites excluding steroid dienone is 1. The van der Waals surface area contributed by atoms with Gasteiger partial charge in [-0.3, -0.25) is 4.99 Å². The second-order valence-corrected chi connectivity index (χ2v) is 4.90. The molecule has 0 saturated heterocycles. The molecule has 0 N–H and O–H groups in total. The fraction of sp³-hybridized carbons (Fsp3) is 0.118. The van der Waals surface area contributed by atoms with Gasteiger partial charge in [0.2, 0.25) is 0 Å². The summed E-state index contributed by atoms with van der Waals surface area (Å²) < 4.78 is 6.07. The molecule has 3 aromatic rings. The number of nitrogens with zero attached hydrogens (tertiary/aromatic N) is 1. The van der Waals surface area contributed by atoms with Gasteiger partial charge >= 0.3 is 0 Å². The number of aryl methyl sites for hydroxylation is 1. The summed E-state index contributed by atoms with van der Waals surface area (Å²) in [5.41, 5.74) is 4.31. The Kier molecular flexibility index (Phi) is 2.12. The van der Waals surface area contributed by atoms with E-state index >= 15 is 0 Å². The molecule has 1 aromatic heterocycles. The molecule has 19 heavy (non-hydrogen) atoms. The molecular formula is C17H13NO. The van der Waals surface area contributed by atoms with Crippen molar-refractivity contribution in [3.05, 3.63) is 59.7 Å². The van der Waals surface area contributed by atoms with Gasteiger partial charge in [-0.1, -0.05) is 36.4 Å². The van der Waals surface area contributed by atoms with E-state index < -0.39 is 0 Å². The lowest BCUT2D eigenvalue weighted by atomic mass is 9.98. The number of fused-ring (bicyclic) bond motifs is 3. The average molecular weight is 247 g/mol. The first kappa shape index (κ1) is 10.6. The van der Waals surface area contributed by atoms with Gasteiger partial charge in [-0.2, -0.15) is 0 Å². The predicted molar refractivity (Wildman–Crippen MR) is 78.8 cm³/mol. The third kappa shape index (κ3) is 1.46. The summed E-state index contributed by atoms with van der Waals surface area (Å²) in [5, 5.41) is 2.34. The third-order valence-corrected chi connectivity index (χ3v) is 3.73. The maximum absolute atomic E-state index is 6.07. The number of hydrogen-bond donors (Lipinski definition) is 0. The fourth-order valence-electron chi connectivity index (χ4n) is 2.79. The maximum Gasteiger partial charge on any atom is 0.141 e. The van der Waals surface area contributed by atoms with Gasteiger partial charge in [0.25, 0.3) is 0 Å². The highest BCUT2D eigenvalue weighted by Gasteiger charge is 2.19. The van der Waals surface area contributed by atoms with Gasteiger partial charge in [-0.05, 0) is 24.6 Å². The van der Waals surface area contributed by atoms with Crippen LogP contribution >= 0.6 is 0 Å². The minimum atomic E-state index is 0.0873. The third-order valence-electron chi connectivity index (χ3n) is 3.73. The van der Waals surface area contributed by atoms with Gasteiger partial charge in [0.1, 0.15) is 11.2 Å². The fourth-order valence-corrected chi connectivity index (χ4v) is 2.79. The van der Waals surface area contributed by atoms with E-state index in [9.17, 15) is 0 Å². The summed E-state index contributed by atoms with van der Waals surface area (Å²) in [6, 6.07) is 12.6. The van der Waals surface area contributed by atoms with E-state index in [-0.39, 0.29) is 6.04 Å². The normalized spacial score (nSPS) is 17.8. The lowest BCUT2D eigenvalue weighted by Gasteiger charge is -2.09. The van der Waals surface area contributed by atoms with Crippen LogP contribution in [0.3, 0.4) is 0 Å². The van der Waals surface area contributed by atoms with Gasteiger partial charge in [-0.25, -0.2) is 0 Å². The van der Waals surface area contributed by atoms with Crippen LogP contribution in [-0.2, 0) is 0 Å². The van der Waals surface area contributed by atoms with Gasteiger partial charge < -0.3 is 4.42 Å². The van der Waals surface area contributed by atoms with E-state index in [1.807, 2.05) is 30.5 Å². The lowest BCUT2D eigenvalue weighted by molar-refractivity contribution is 0.658. The van der Waals surface area contributed by atoms with Gasteiger partial charge in [0, 0.05) is 22.6 Å². The molecule has 2 heteroatoms. The Hall–Kier alpha value is -2.35.